The summed E-state index contributed by atoms with van der Waals surface area (Å²) in [6, 6.07) is 14.1. The maximum Gasteiger partial charge on any atom is 0.253 e. The smallest absolute Gasteiger partial charge is 0.253 e. The van der Waals surface area contributed by atoms with Crippen LogP contribution in [0.3, 0.4) is 0 Å². The highest BCUT2D eigenvalue weighted by Crippen LogP contribution is 2.35. The zero-order valence-corrected chi connectivity index (χ0v) is 16.5. The summed E-state index contributed by atoms with van der Waals surface area (Å²) < 4.78 is 10.8. The molecule has 0 saturated carbocycles. The van der Waals surface area contributed by atoms with Gasteiger partial charge in [-0.3, -0.25) is 4.79 Å². The van der Waals surface area contributed by atoms with Crippen LogP contribution in [0.2, 0.25) is 0 Å². The number of aromatic amines is 1. The highest BCUT2D eigenvalue weighted by molar-refractivity contribution is 5.83. The molecule has 0 bridgehead atoms. The van der Waals surface area contributed by atoms with Crippen molar-refractivity contribution >= 4 is 22.3 Å². The second-order valence-corrected chi connectivity index (χ2v) is 8.01. The third-order valence-electron chi connectivity index (χ3n) is 5.79. The molecule has 3 aromatic rings. The van der Waals surface area contributed by atoms with E-state index in [0.717, 1.165) is 35.6 Å². The van der Waals surface area contributed by atoms with Crippen LogP contribution in [0.1, 0.15) is 25.3 Å². The predicted octanol–water partition coefficient (Wildman–Crippen LogP) is 4.11. The number of rotatable bonds is 4. The Labute approximate surface area is 169 Å². The van der Waals surface area contributed by atoms with Gasteiger partial charge in [-0.1, -0.05) is 6.92 Å². The Bertz CT molecular complexity index is 1090. The van der Waals surface area contributed by atoms with Crippen molar-refractivity contribution in [2.45, 2.75) is 26.3 Å². The number of hydrogen-bond acceptors (Lipinski definition) is 5. The summed E-state index contributed by atoms with van der Waals surface area (Å²) >= 11 is 0. The minimum Gasteiger partial charge on any atom is -0.454 e. The number of pyridine rings is 1. The fourth-order valence-corrected chi connectivity index (χ4v) is 4.18. The van der Waals surface area contributed by atoms with Gasteiger partial charge in [0.2, 0.25) is 6.79 Å². The number of ether oxygens (including phenoxy) is 2. The highest BCUT2D eigenvalue weighted by Gasteiger charge is 2.17. The van der Waals surface area contributed by atoms with Crippen molar-refractivity contribution in [2.24, 2.45) is 5.92 Å². The van der Waals surface area contributed by atoms with Crippen molar-refractivity contribution in [2.75, 3.05) is 30.1 Å². The van der Waals surface area contributed by atoms with Gasteiger partial charge in [-0.05, 0) is 55.2 Å². The minimum absolute atomic E-state index is 0.0946. The third kappa shape index (κ3) is 3.62. The normalized spacial score (nSPS) is 18.2. The molecule has 2 aromatic carbocycles. The van der Waals surface area contributed by atoms with Gasteiger partial charge in [-0.25, -0.2) is 0 Å². The van der Waals surface area contributed by atoms with Crippen molar-refractivity contribution in [3.8, 4) is 11.5 Å². The average Bonchev–Trinajstić information content (AvgIpc) is 3.18. The average molecular weight is 391 g/mol. The largest absolute Gasteiger partial charge is 0.454 e. The molecule has 0 aliphatic carbocycles. The molecule has 0 radical (unpaired) electrons. The number of H-pyrrole nitrogens is 1. The third-order valence-corrected chi connectivity index (χ3v) is 5.79. The molecule has 1 unspecified atom stereocenters. The summed E-state index contributed by atoms with van der Waals surface area (Å²) in [4.78, 5) is 17.9. The lowest BCUT2D eigenvalue weighted by molar-refractivity contribution is 0.174. The van der Waals surface area contributed by atoms with Gasteiger partial charge in [0.1, 0.15) is 0 Å². The van der Waals surface area contributed by atoms with Crippen molar-refractivity contribution in [1.82, 2.24) is 4.98 Å². The molecule has 1 atom stereocenters. The van der Waals surface area contributed by atoms with Crippen molar-refractivity contribution in [3.63, 3.8) is 0 Å². The molecule has 1 fully saturated rings. The van der Waals surface area contributed by atoms with Gasteiger partial charge < -0.3 is 24.7 Å². The molecule has 0 spiro atoms. The lowest BCUT2D eigenvalue weighted by Crippen LogP contribution is -2.34. The topological polar surface area (TPSA) is 66.6 Å². The molecule has 29 heavy (non-hydrogen) atoms. The second-order valence-electron chi connectivity index (χ2n) is 8.01. The summed E-state index contributed by atoms with van der Waals surface area (Å²) in [5.74, 6) is 2.13. The van der Waals surface area contributed by atoms with Gasteiger partial charge in [-0.15, -0.1) is 0 Å². The zero-order chi connectivity index (χ0) is 19.8. The number of nitrogens with zero attached hydrogens (tertiary/aromatic N) is 1. The van der Waals surface area contributed by atoms with Gasteiger partial charge >= 0.3 is 0 Å². The summed E-state index contributed by atoms with van der Waals surface area (Å²) in [5.41, 5.74) is 3.61. The summed E-state index contributed by atoms with van der Waals surface area (Å²) in [6.45, 7) is 5.24. The van der Waals surface area contributed by atoms with Crippen molar-refractivity contribution < 1.29 is 9.47 Å². The van der Waals surface area contributed by atoms with Crippen molar-refractivity contribution in [1.29, 1.82) is 0 Å². The molecule has 6 heteroatoms. The predicted molar refractivity (Wildman–Crippen MR) is 115 cm³/mol. The molecular formula is C23H25N3O3. The van der Waals surface area contributed by atoms with Crippen LogP contribution in [-0.4, -0.2) is 24.9 Å². The first kappa shape index (κ1) is 17.9. The molecular weight excluding hydrogens is 366 g/mol. The quantitative estimate of drug-likeness (QED) is 0.701. The van der Waals surface area contributed by atoms with E-state index in [1.165, 1.54) is 18.5 Å². The molecule has 2 aliphatic rings. The van der Waals surface area contributed by atoms with Gasteiger partial charge in [0, 0.05) is 48.0 Å². The van der Waals surface area contributed by atoms with E-state index in [0.29, 0.717) is 23.6 Å². The number of nitrogens with one attached hydrogen (secondary N) is 2. The maximum atomic E-state index is 12.5. The molecule has 5 rings (SSSR count). The Morgan fingerprint density at radius 3 is 2.72 bits per heavy atom. The fraction of sp³-hybridized carbons (Fsp3) is 0.348. The van der Waals surface area contributed by atoms with Crippen molar-refractivity contribution in [3.05, 3.63) is 58.4 Å². The number of fused-ring (bicyclic) bond motifs is 2. The maximum absolute atomic E-state index is 12.5. The number of benzene rings is 2. The molecule has 3 heterocycles. The molecule has 1 saturated heterocycles. The molecule has 150 valence electrons. The summed E-state index contributed by atoms with van der Waals surface area (Å²) in [7, 11) is 0. The van der Waals surface area contributed by atoms with E-state index >= 15 is 0 Å². The van der Waals surface area contributed by atoms with E-state index in [9.17, 15) is 4.79 Å². The Hall–Kier alpha value is -3.15. The summed E-state index contributed by atoms with van der Waals surface area (Å²) in [6.07, 6.45) is 2.57. The number of hydrogen-bond donors (Lipinski definition) is 2. The summed E-state index contributed by atoms with van der Waals surface area (Å²) in [5, 5.41) is 4.29. The van der Waals surface area contributed by atoms with E-state index in [1.54, 1.807) is 0 Å². The molecule has 0 amide bonds. The highest BCUT2D eigenvalue weighted by atomic mass is 16.7. The number of aromatic nitrogens is 1. The first-order valence-corrected chi connectivity index (χ1v) is 10.2. The zero-order valence-electron chi connectivity index (χ0n) is 16.5. The van der Waals surface area contributed by atoms with Crippen LogP contribution >= 0.6 is 0 Å². The number of piperidine rings is 1. The van der Waals surface area contributed by atoms with E-state index in [2.05, 4.69) is 46.4 Å². The Kier molecular flexibility index (Phi) is 4.54. The Morgan fingerprint density at radius 2 is 1.93 bits per heavy atom. The molecule has 6 nitrogen and oxygen atoms in total. The van der Waals surface area contributed by atoms with Gasteiger partial charge in [0.05, 0.1) is 5.52 Å². The first-order chi connectivity index (χ1) is 14.2. The van der Waals surface area contributed by atoms with E-state index in [-0.39, 0.29) is 12.4 Å². The monoisotopic (exact) mass is 391 g/mol. The Morgan fingerprint density at radius 1 is 1.14 bits per heavy atom. The van der Waals surface area contributed by atoms with Crippen LogP contribution in [0.4, 0.5) is 11.4 Å². The van der Waals surface area contributed by atoms with E-state index in [1.807, 2.05) is 18.2 Å². The number of anilines is 2. The van der Waals surface area contributed by atoms with E-state index < -0.39 is 0 Å². The lowest BCUT2D eigenvalue weighted by atomic mass is 10.00. The van der Waals surface area contributed by atoms with Gasteiger partial charge in [-0.2, -0.15) is 0 Å². The fourth-order valence-electron chi connectivity index (χ4n) is 4.18. The van der Waals surface area contributed by atoms with E-state index in [4.69, 9.17) is 9.47 Å². The van der Waals surface area contributed by atoms with Crippen LogP contribution in [-0.2, 0) is 6.54 Å². The lowest BCUT2D eigenvalue weighted by Gasteiger charge is -2.32. The second kappa shape index (κ2) is 7.35. The van der Waals surface area contributed by atoms with Crippen LogP contribution < -0.4 is 25.2 Å². The molecule has 2 aliphatic heterocycles. The minimum atomic E-state index is -0.0946. The van der Waals surface area contributed by atoms with Crippen LogP contribution in [0, 0.1) is 5.92 Å². The standard InChI is InChI=1S/C23H25N3O3/c1-15-3-2-8-26(13-15)19-6-4-18(5-7-19)24-12-17-9-16-10-21-22(29-14-28-21)11-20(16)25-23(17)27/h4-7,9-11,15,24H,2-3,8,12-14H2,1H3,(H,25,27). The van der Waals surface area contributed by atoms with Gasteiger partial charge in [0.15, 0.2) is 11.5 Å². The Balaban J connectivity index is 1.30. The van der Waals surface area contributed by atoms with Gasteiger partial charge in [0.25, 0.3) is 5.56 Å². The van der Waals surface area contributed by atoms with Crippen LogP contribution in [0.15, 0.2) is 47.3 Å². The molecule has 2 N–H and O–H groups in total. The molecule has 1 aromatic heterocycles. The van der Waals surface area contributed by atoms with Crippen LogP contribution in [0.5, 0.6) is 11.5 Å². The van der Waals surface area contributed by atoms with Crippen LogP contribution in [0.25, 0.3) is 10.9 Å². The SMILES string of the molecule is CC1CCCN(c2ccc(NCc3cc4cc5c(cc4[nH]c3=O)OCO5)cc2)C1. The first-order valence-electron chi connectivity index (χ1n) is 10.2.